The second-order valence-corrected chi connectivity index (χ2v) is 7.13. The summed E-state index contributed by atoms with van der Waals surface area (Å²) in [6.45, 7) is 0. The summed E-state index contributed by atoms with van der Waals surface area (Å²) in [5.74, 6) is -0.227. The van der Waals surface area contributed by atoms with Crippen molar-refractivity contribution in [3.8, 4) is 0 Å². The van der Waals surface area contributed by atoms with Crippen LogP contribution in [0, 0.1) is 5.82 Å². The molecule has 1 aromatic heterocycles. The zero-order valence-corrected chi connectivity index (χ0v) is 14.1. The lowest BCUT2D eigenvalue weighted by Gasteiger charge is -2.11. The number of thiophene rings is 1. The Morgan fingerprint density at radius 3 is 2.16 bits per heavy atom. The van der Waals surface area contributed by atoms with Gasteiger partial charge in [-0.1, -0.05) is 42.5 Å². The summed E-state index contributed by atoms with van der Waals surface area (Å²) in [5.41, 5.74) is 1.92. The van der Waals surface area contributed by atoms with Gasteiger partial charge in [-0.25, -0.2) is 4.39 Å². The predicted molar refractivity (Wildman–Crippen MR) is 107 cm³/mol. The highest BCUT2D eigenvalue weighted by molar-refractivity contribution is 7.26. The van der Waals surface area contributed by atoms with Gasteiger partial charge in [0.25, 0.3) is 0 Å². The largest absolute Gasteiger partial charge is 0.355 e. The summed E-state index contributed by atoms with van der Waals surface area (Å²) < 4.78 is 15.8. The van der Waals surface area contributed by atoms with Gasteiger partial charge < -0.3 is 5.32 Å². The smallest absolute Gasteiger partial charge is 0.123 e. The van der Waals surface area contributed by atoms with E-state index in [9.17, 15) is 4.39 Å². The molecule has 0 saturated heterocycles. The van der Waals surface area contributed by atoms with Gasteiger partial charge in [0.05, 0.1) is 0 Å². The highest BCUT2D eigenvalue weighted by Crippen LogP contribution is 2.41. The molecule has 0 radical (unpaired) electrons. The number of hydrogen-bond acceptors (Lipinski definition) is 2. The van der Waals surface area contributed by atoms with Gasteiger partial charge in [-0.3, -0.25) is 0 Å². The molecule has 0 aliphatic rings. The van der Waals surface area contributed by atoms with Crippen LogP contribution in [0.1, 0.15) is 0 Å². The molecule has 5 aromatic rings. The molecule has 3 heteroatoms. The summed E-state index contributed by atoms with van der Waals surface area (Å²) in [6, 6.07) is 25.6. The summed E-state index contributed by atoms with van der Waals surface area (Å²) >= 11 is 1.83. The minimum atomic E-state index is -0.227. The Bertz CT molecular complexity index is 1220. The van der Waals surface area contributed by atoms with E-state index in [-0.39, 0.29) is 5.82 Å². The molecular weight excluding hydrogens is 329 g/mol. The van der Waals surface area contributed by atoms with Gasteiger partial charge in [0.1, 0.15) is 5.82 Å². The number of hydrogen-bond donors (Lipinski definition) is 1. The van der Waals surface area contributed by atoms with Crippen molar-refractivity contribution in [1.82, 2.24) is 0 Å². The van der Waals surface area contributed by atoms with E-state index in [0.717, 1.165) is 11.4 Å². The van der Waals surface area contributed by atoms with E-state index >= 15 is 0 Å². The van der Waals surface area contributed by atoms with Crippen LogP contribution in [0.25, 0.3) is 30.9 Å². The lowest BCUT2D eigenvalue weighted by Crippen LogP contribution is -1.92. The first kappa shape index (κ1) is 14.4. The normalized spacial score (nSPS) is 11.4. The number of rotatable bonds is 2. The lowest BCUT2D eigenvalue weighted by atomic mass is 10.0. The van der Waals surface area contributed by atoms with Crippen molar-refractivity contribution >= 4 is 53.7 Å². The monoisotopic (exact) mass is 343 g/mol. The van der Waals surface area contributed by atoms with Crippen molar-refractivity contribution in [2.24, 2.45) is 0 Å². The number of benzene rings is 4. The molecule has 1 nitrogen and oxygen atoms in total. The molecule has 0 bridgehead atoms. The predicted octanol–water partition coefficient (Wildman–Crippen LogP) is 7.09. The Morgan fingerprint density at radius 1 is 0.680 bits per heavy atom. The second kappa shape index (κ2) is 5.57. The first-order valence-electron chi connectivity index (χ1n) is 8.15. The van der Waals surface area contributed by atoms with Gasteiger partial charge in [0.15, 0.2) is 0 Å². The maximum Gasteiger partial charge on any atom is 0.123 e. The lowest BCUT2D eigenvalue weighted by molar-refractivity contribution is 0.628. The van der Waals surface area contributed by atoms with Crippen molar-refractivity contribution in [2.75, 3.05) is 5.32 Å². The van der Waals surface area contributed by atoms with Gasteiger partial charge in [-0.2, -0.15) is 0 Å². The van der Waals surface area contributed by atoms with Crippen molar-refractivity contribution in [3.63, 3.8) is 0 Å². The Morgan fingerprint density at radius 2 is 1.36 bits per heavy atom. The fraction of sp³-hybridized carbons (Fsp3) is 0. The van der Waals surface area contributed by atoms with E-state index in [1.165, 1.54) is 43.1 Å². The van der Waals surface area contributed by atoms with Gasteiger partial charge in [-0.05, 0) is 36.4 Å². The average Bonchev–Trinajstić information content (AvgIpc) is 3.03. The topological polar surface area (TPSA) is 12.0 Å². The third kappa shape index (κ3) is 2.36. The van der Waals surface area contributed by atoms with Crippen LogP contribution in [-0.2, 0) is 0 Å². The quantitative estimate of drug-likeness (QED) is 0.361. The van der Waals surface area contributed by atoms with Crippen LogP contribution in [0.3, 0.4) is 0 Å². The van der Waals surface area contributed by atoms with E-state index in [0.29, 0.717) is 0 Å². The van der Waals surface area contributed by atoms with Crippen LogP contribution in [0.4, 0.5) is 15.8 Å². The van der Waals surface area contributed by atoms with Crippen molar-refractivity contribution < 1.29 is 4.39 Å². The maximum atomic E-state index is 13.2. The summed E-state index contributed by atoms with van der Waals surface area (Å²) in [5, 5.41) is 8.40. The molecule has 0 aliphatic heterocycles. The van der Waals surface area contributed by atoms with E-state index in [1.54, 1.807) is 12.1 Å². The SMILES string of the molecule is Fc1ccc(Nc2cc3c4ccccc4sc3c3ccccc23)cc1. The van der Waals surface area contributed by atoms with Gasteiger partial charge >= 0.3 is 0 Å². The summed E-state index contributed by atoms with van der Waals surface area (Å²) in [7, 11) is 0. The van der Waals surface area contributed by atoms with Crippen LogP contribution in [0.15, 0.2) is 78.9 Å². The van der Waals surface area contributed by atoms with Crippen LogP contribution in [0.5, 0.6) is 0 Å². The molecular formula is C22H14FNS. The average molecular weight is 343 g/mol. The second-order valence-electron chi connectivity index (χ2n) is 6.08. The minimum absolute atomic E-state index is 0.227. The van der Waals surface area contributed by atoms with Crippen LogP contribution in [-0.4, -0.2) is 0 Å². The Labute approximate surface area is 148 Å². The van der Waals surface area contributed by atoms with E-state index < -0.39 is 0 Å². The summed E-state index contributed by atoms with van der Waals surface area (Å²) in [6.07, 6.45) is 0. The number of anilines is 2. The van der Waals surface area contributed by atoms with E-state index in [2.05, 4.69) is 59.9 Å². The molecule has 0 aliphatic carbocycles. The number of halogens is 1. The van der Waals surface area contributed by atoms with Crippen molar-refractivity contribution in [3.05, 3.63) is 84.7 Å². The highest BCUT2D eigenvalue weighted by Gasteiger charge is 2.11. The highest BCUT2D eigenvalue weighted by atomic mass is 32.1. The number of fused-ring (bicyclic) bond motifs is 5. The van der Waals surface area contributed by atoms with Crippen LogP contribution >= 0.6 is 11.3 Å². The summed E-state index contributed by atoms with van der Waals surface area (Å²) in [4.78, 5) is 0. The molecule has 1 heterocycles. The molecule has 0 unspecified atom stereocenters. The fourth-order valence-corrected chi connectivity index (χ4v) is 4.56. The Balaban J connectivity index is 1.81. The standard InChI is InChI=1S/C22H14FNS/c23-14-9-11-15(12-10-14)24-20-13-19-17-6-3-4-8-21(17)25-22(19)18-7-2-1-5-16(18)20/h1-13,24H. The molecule has 4 aromatic carbocycles. The number of nitrogens with one attached hydrogen (secondary N) is 1. The minimum Gasteiger partial charge on any atom is -0.355 e. The zero-order valence-electron chi connectivity index (χ0n) is 13.3. The molecule has 120 valence electrons. The fourth-order valence-electron chi connectivity index (χ4n) is 3.34. The zero-order chi connectivity index (χ0) is 16.8. The third-order valence-corrected chi connectivity index (χ3v) is 5.73. The molecule has 0 spiro atoms. The first-order valence-corrected chi connectivity index (χ1v) is 8.97. The van der Waals surface area contributed by atoms with E-state index in [1.807, 2.05) is 11.3 Å². The molecule has 0 atom stereocenters. The van der Waals surface area contributed by atoms with Crippen molar-refractivity contribution in [1.29, 1.82) is 0 Å². The Hall–Kier alpha value is -2.91. The van der Waals surface area contributed by atoms with Crippen LogP contribution < -0.4 is 5.32 Å². The molecule has 0 fully saturated rings. The van der Waals surface area contributed by atoms with Crippen molar-refractivity contribution in [2.45, 2.75) is 0 Å². The Kier molecular flexibility index (Phi) is 3.22. The molecule has 25 heavy (non-hydrogen) atoms. The first-order chi connectivity index (χ1) is 12.3. The maximum absolute atomic E-state index is 13.2. The van der Waals surface area contributed by atoms with Gasteiger partial charge in [-0.15, -0.1) is 11.3 Å². The molecule has 0 saturated carbocycles. The van der Waals surface area contributed by atoms with Crippen LogP contribution in [0.2, 0.25) is 0 Å². The van der Waals surface area contributed by atoms with Gasteiger partial charge in [0, 0.05) is 42.3 Å². The van der Waals surface area contributed by atoms with Gasteiger partial charge in [0.2, 0.25) is 0 Å². The molecule has 0 amide bonds. The molecule has 5 rings (SSSR count). The molecule has 1 N–H and O–H groups in total. The third-order valence-electron chi connectivity index (χ3n) is 4.51. The van der Waals surface area contributed by atoms with E-state index in [4.69, 9.17) is 0 Å².